The normalized spacial score (nSPS) is 11.8. The molecule has 0 aromatic heterocycles. The molecule has 0 aliphatic heterocycles. The van der Waals surface area contributed by atoms with Gasteiger partial charge in [-0.05, 0) is 37.6 Å². The van der Waals surface area contributed by atoms with Gasteiger partial charge in [0.1, 0.15) is 12.4 Å². The fraction of sp³-hybridized carbons (Fsp3) is 0.316. The second-order valence-corrected chi connectivity index (χ2v) is 7.07. The molecule has 1 N–H and O–H groups in total. The lowest BCUT2D eigenvalue weighted by Gasteiger charge is -2.15. The van der Waals surface area contributed by atoms with Gasteiger partial charge < -0.3 is 10.1 Å². The molecule has 128 valence electrons. The summed E-state index contributed by atoms with van der Waals surface area (Å²) in [5.41, 5.74) is 2.24. The molecule has 24 heavy (non-hydrogen) atoms. The van der Waals surface area contributed by atoms with E-state index < -0.39 is 0 Å². The highest BCUT2D eigenvalue weighted by Gasteiger charge is 2.09. The summed E-state index contributed by atoms with van der Waals surface area (Å²) in [7, 11) is 0. The maximum Gasteiger partial charge on any atom is 0.230 e. The quantitative estimate of drug-likeness (QED) is 0.752. The van der Waals surface area contributed by atoms with Crippen molar-refractivity contribution in [3.63, 3.8) is 0 Å². The van der Waals surface area contributed by atoms with Crippen molar-refractivity contribution in [3.8, 4) is 5.75 Å². The summed E-state index contributed by atoms with van der Waals surface area (Å²) in [5.74, 6) is 1.95. The molecule has 0 saturated heterocycles. The van der Waals surface area contributed by atoms with Gasteiger partial charge in [0, 0.05) is 10.8 Å². The lowest BCUT2D eigenvalue weighted by Crippen LogP contribution is -2.37. The minimum atomic E-state index is -0.0419. The van der Waals surface area contributed by atoms with Crippen LogP contribution in [0.1, 0.15) is 18.1 Å². The molecule has 0 aliphatic carbocycles. The predicted octanol–water partition coefficient (Wildman–Crippen LogP) is 4.47. The second kappa shape index (κ2) is 9.60. The molecule has 2 rings (SSSR count). The number of carbonyl (C=O) groups is 1. The Labute approximate surface area is 152 Å². The fourth-order valence-electron chi connectivity index (χ4n) is 2.08. The molecule has 5 heteroatoms. The average molecular weight is 364 g/mol. The van der Waals surface area contributed by atoms with Gasteiger partial charge in [-0.3, -0.25) is 4.79 Å². The van der Waals surface area contributed by atoms with Gasteiger partial charge in [-0.15, -0.1) is 11.8 Å². The van der Waals surface area contributed by atoms with Crippen molar-refractivity contribution < 1.29 is 9.53 Å². The van der Waals surface area contributed by atoms with Crippen molar-refractivity contribution in [2.24, 2.45) is 0 Å². The molecule has 1 atom stereocenters. The largest absolute Gasteiger partial charge is 0.491 e. The van der Waals surface area contributed by atoms with Crippen LogP contribution in [0.15, 0.2) is 48.5 Å². The van der Waals surface area contributed by atoms with Gasteiger partial charge in [0.25, 0.3) is 0 Å². The monoisotopic (exact) mass is 363 g/mol. The number of aryl methyl sites for hydroxylation is 1. The zero-order chi connectivity index (χ0) is 17.4. The zero-order valence-corrected chi connectivity index (χ0v) is 15.5. The first-order valence-electron chi connectivity index (χ1n) is 7.84. The van der Waals surface area contributed by atoms with E-state index in [1.165, 1.54) is 5.56 Å². The van der Waals surface area contributed by atoms with Crippen molar-refractivity contribution in [2.45, 2.75) is 25.6 Å². The zero-order valence-electron chi connectivity index (χ0n) is 13.9. The van der Waals surface area contributed by atoms with Gasteiger partial charge >= 0.3 is 0 Å². The fourth-order valence-corrected chi connectivity index (χ4v) is 3.21. The van der Waals surface area contributed by atoms with Crippen LogP contribution in [0.3, 0.4) is 0 Å². The van der Waals surface area contributed by atoms with Crippen LogP contribution in [-0.2, 0) is 10.5 Å². The molecule has 0 radical (unpaired) electrons. The first-order chi connectivity index (χ1) is 11.5. The van der Waals surface area contributed by atoms with Gasteiger partial charge in [0.05, 0.1) is 11.8 Å². The Hall–Kier alpha value is -1.65. The van der Waals surface area contributed by atoms with E-state index in [0.717, 1.165) is 22.1 Å². The van der Waals surface area contributed by atoms with Crippen molar-refractivity contribution in [2.75, 3.05) is 12.4 Å². The summed E-state index contributed by atoms with van der Waals surface area (Å²) < 4.78 is 5.67. The molecule has 1 unspecified atom stereocenters. The Morgan fingerprint density at radius 2 is 1.92 bits per heavy atom. The maximum absolute atomic E-state index is 12.0. The SMILES string of the molecule is Cc1ccc(OCC(C)NC(=O)CSCc2ccccc2Cl)cc1. The summed E-state index contributed by atoms with van der Waals surface area (Å²) in [4.78, 5) is 12.0. The summed E-state index contributed by atoms with van der Waals surface area (Å²) >= 11 is 7.65. The minimum Gasteiger partial charge on any atom is -0.491 e. The molecule has 1 amide bonds. The molecular weight excluding hydrogens is 342 g/mol. The Morgan fingerprint density at radius 3 is 2.62 bits per heavy atom. The number of carbonyl (C=O) groups excluding carboxylic acids is 1. The van der Waals surface area contributed by atoms with E-state index in [9.17, 15) is 4.79 Å². The highest BCUT2D eigenvalue weighted by Crippen LogP contribution is 2.20. The van der Waals surface area contributed by atoms with Gasteiger partial charge in [-0.2, -0.15) is 0 Å². The summed E-state index contributed by atoms with van der Waals surface area (Å²) in [6.07, 6.45) is 0. The Kier molecular flexibility index (Phi) is 7.47. The summed E-state index contributed by atoms with van der Waals surface area (Å²) in [5, 5.41) is 3.69. The Bertz CT molecular complexity index is 661. The standard InChI is InChI=1S/C19H22ClNO2S/c1-14-7-9-17(10-8-14)23-11-15(2)21-19(22)13-24-12-16-5-3-4-6-18(16)20/h3-10,15H,11-13H2,1-2H3,(H,21,22). The lowest BCUT2D eigenvalue weighted by atomic mass is 10.2. The molecule has 2 aromatic rings. The molecular formula is C19H22ClNO2S. The highest BCUT2D eigenvalue weighted by molar-refractivity contribution is 7.99. The van der Waals surface area contributed by atoms with Crippen LogP contribution < -0.4 is 10.1 Å². The minimum absolute atomic E-state index is 0.00654. The third-order valence-electron chi connectivity index (χ3n) is 3.38. The molecule has 0 spiro atoms. The summed E-state index contributed by atoms with van der Waals surface area (Å²) in [6.45, 7) is 4.42. The second-order valence-electron chi connectivity index (χ2n) is 5.68. The number of thioether (sulfide) groups is 1. The van der Waals surface area contributed by atoms with E-state index >= 15 is 0 Å². The number of benzene rings is 2. The van der Waals surface area contributed by atoms with Crippen LogP contribution in [-0.4, -0.2) is 24.3 Å². The number of hydrogen-bond donors (Lipinski definition) is 1. The van der Waals surface area contributed by atoms with Crippen LogP contribution in [0.5, 0.6) is 5.75 Å². The lowest BCUT2D eigenvalue weighted by molar-refractivity contribution is -0.119. The molecule has 2 aromatic carbocycles. The van der Waals surface area contributed by atoms with E-state index in [2.05, 4.69) is 5.32 Å². The number of nitrogens with one attached hydrogen (secondary N) is 1. The maximum atomic E-state index is 12.0. The number of ether oxygens (including phenoxy) is 1. The van der Waals surface area contributed by atoms with Crippen LogP contribution in [0, 0.1) is 6.92 Å². The number of hydrogen-bond acceptors (Lipinski definition) is 3. The van der Waals surface area contributed by atoms with Gasteiger partial charge in [-0.1, -0.05) is 47.5 Å². The van der Waals surface area contributed by atoms with Gasteiger partial charge in [0.2, 0.25) is 5.91 Å². The average Bonchev–Trinajstić information content (AvgIpc) is 2.56. The first-order valence-corrected chi connectivity index (χ1v) is 9.38. The Balaban J connectivity index is 1.66. The molecule has 3 nitrogen and oxygen atoms in total. The van der Waals surface area contributed by atoms with Crippen LogP contribution in [0.2, 0.25) is 5.02 Å². The van der Waals surface area contributed by atoms with Crippen molar-refractivity contribution in [1.29, 1.82) is 0 Å². The number of amides is 1. The van der Waals surface area contributed by atoms with E-state index in [1.54, 1.807) is 11.8 Å². The molecule has 0 saturated carbocycles. The van der Waals surface area contributed by atoms with E-state index in [0.29, 0.717) is 12.4 Å². The Morgan fingerprint density at radius 1 is 1.21 bits per heavy atom. The molecule has 0 fully saturated rings. The van der Waals surface area contributed by atoms with Gasteiger partial charge in [-0.25, -0.2) is 0 Å². The summed E-state index contributed by atoms with van der Waals surface area (Å²) in [6, 6.07) is 15.5. The van der Waals surface area contributed by atoms with E-state index in [-0.39, 0.29) is 11.9 Å². The van der Waals surface area contributed by atoms with Crippen molar-refractivity contribution in [3.05, 3.63) is 64.7 Å². The molecule has 0 bridgehead atoms. The predicted molar refractivity (Wildman–Crippen MR) is 102 cm³/mol. The highest BCUT2D eigenvalue weighted by atomic mass is 35.5. The van der Waals surface area contributed by atoms with Crippen molar-refractivity contribution in [1.82, 2.24) is 5.32 Å². The molecule has 0 heterocycles. The number of rotatable bonds is 8. The van der Waals surface area contributed by atoms with Crippen molar-refractivity contribution >= 4 is 29.3 Å². The van der Waals surface area contributed by atoms with Crippen LogP contribution >= 0.6 is 23.4 Å². The smallest absolute Gasteiger partial charge is 0.230 e. The topological polar surface area (TPSA) is 38.3 Å². The third kappa shape index (κ3) is 6.46. The van der Waals surface area contributed by atoms with Crippen LogP contribution in [0.4, 0.5) is 0 Å². The van der Waals surface area contributed by atoms with E-state index in [1.807, 2.05) is 62.4 Å². The third-order valence-corrected chi connectivity index (χ3v) is 4.73. The number of halogens is 1. The van der Waals surface area contributed by atoms with Gasteiger partial charge in [0.15, 0.2) is 0 Å². The first kappa shape index (κ1) is 18.7. The van der Waals surface area contributed by atoms with E-state index in [4.69, 9.17) is 16.3 Å². The van der Waals surface area contributed by atoms with Crippen LogP contribution in [0.25, 0.3) is 0 Å². The molecule has 0 aliphatic rings.